The fraction of sp³-hybridized carbons (Fsp3) is 0.471. The van der Waals surface area contributed by atoms with Crippen LogP contribution < -0.4 is 11.1 Å². The molecule has 0 aliphatic heterocycles. The second-order valence-electron chi connectivity index (χ2n) is 5.24. The summed E-state index contributed by atoms with van der Waals surface area (Å²) in [6.07, 6.45) is 8.23. The highest BCUT2D eigenvalue weighted by molar-refractivity contribution is 6.06. The molecule has 0 unspecified atom stereocenters. The number of amidine groups is 1. The Hall–Kier alpha value is -1.77. The molecule has 108 valence electrons. The molecule has 3 N–H and O–H groups in total. The number of aliphatic imine (C=N–C) groups is 1. The zero-order valence-corrected chi connectivity index (χ0v) is 12.6. The lowest BCUT2D eigenvalue weighted by Crippen LogP contribution is -2.18. The molecule has 0 atom stereocenters. The molecule has 0 aromatic heterocycles. The van der Waals surface area contributed by atoms with Crippen LogP contribution in [0.1, 0.15) is 50.2 Å². The molecule has 1 aromatic carbocycles. The maximum Gasteiger partial charge on any atom is 0.128 e. The maximum absolute atomic E-state index is 6.15. The van der Waals surface area contributed by atoms with Gasteiger partial charge in [-0.05, 0) is 42.9 Å². The molecule has 0 bridgehead atoms. The molecule has 0 heterocycles. The lowest BCUT2D eigenvalue weighted by Gasteiger charge is -2.16. The van der Waals surface area contributed by atoms with Gasteiger partial charge in [-0.2, -0.15) is 0 Å². The molecule has 0 amide bonds. The van der Waals surface area contributed by atoms with E-state index in [1.807, 2.05) is 0 Å². The Morgan fingerprint density at radius 1 is 1.40 bits per heavy atom. The first kappa shape index (κ1) is 14.6. The number of nitrogens with two attached hydrogens (primary N) is 1. The van der Waals surface area contributed by atoms with Crippen LogP contribution in [0.3, 0.4) is 0 Å². The van der Waals surface area contributed by atoms with Crippen molar-refractivity contribution >= 4 is 17.1 Å². The summed E-state index contributed by atoms with van der Waals surface area (Å²) in [5.41, 5.74) is 11.0. The number of allylic oxidation sites excluding steroid dienone is 2. The van der Waals surface area contributed by atoms with Crippen LogP contribution in [0.2, 0.25) is 0 Å². The highest BCUT2D eigenvalue weighted by Crippen LogP contribution is 2.33. The van der Waals surface area contributed by atoms with Crippen LogP contribution in [0.25, 0.3) is 5.57 Å². The fourth-order valence-corrected chi connectivity index (χ4v) is 2.67. The van der Waals surface area contributed by atoms with Gasteiger partial charge in [0.25, 0.3) is 0 Å². The number of nitrogens with one attached hydrogen (secondary N) is 1. The Morgan fingerprint density at radius 3 is 2.90 bits per heavy atom. The average Bonchev–Trinajstić information content (AvgIpc) is 3.00. The summed E-state index contributed by atoms with van der Waals surface area (Å²) in [4.78, 5) is 4.21. The summed E-state index contributed by atoms with van der Waals surface area (Å²) >= 11 is 0. The minimum atomic E-state index is 0.618. The molecule has 3 heteroatoms. The van der Waals surface area contributed by atoms with Crippen molar-refractivity contribution in [1.82, 2.24) is 0 Å². The van der Waals surface area contributed by atoms with Gasteiger partial charge in [0, 0.05) is 24.8 Å². The quantitative estimate of drug-likeness (QED) is 0.470. The zero-order valence-electron chi connectivity index (χ0n) is 12.6. The second kappa shape index (κ2) is 7.13. The SMILES string of the molecule is CCCCNc1cccc(C2=CCCC2)c1/C(N)=N\C. The molecule has 0 saturated heterocycles. The Balaban J connectivity index is 2.38. The number of unbranched alkanes of at least 4 members (excludes halogenated alkanes) is 1. The minimum absolute atomic E-state index is 0.618. The number of anilines is 1. The van der Waals surface area contributed by atoms with Crippen molar-refractivity contribution < 1.29 is 0 Å². The molecule has 20 heavy (non-hydrogen) atoms. The smallest absolute Gasteiger partial charge is 0.128 e. The first-order valence-electron chi connectivity index (χ1n) is 7.56. The van der Waals surface area contributed by atoms with Crippen molar-refractivity contribution in [3.05, 3.63) is 35.4 Å². The number of hydrogen-bond donors (Lipinski definition) is 2. The van der Waals surface area contributed by atoms with E-state index >= 15 is 0 Å². The van der Waals surface area contributed by atoms with E-state index in [4.69, 9.17) is 5.73 Å². The highest BCUT2D eigenvalue weighted by atomic mass is 14.9. The third-order valence-electron chi connectivity index (χ3n) is 3.79. The average molecular weight is 271 g/mol. The largest absolute Gasteiger partial charge is 0.384 e. The van der Waals surface area contributed by atoms with E-state index in [-0.39, 0.29) is 0 Å². The van der Waals surface area contributed by atoms with Gasteiger partial charge in [0.2, 0.25) is 0 Å². The number of hydrogen-bond acceptors (Lipinski definition) is 2. The molecular formula is C17H25N3. The van der Waals surface area contributed by atoms with Gasteiger partial charge in [-0.25, -0.2) is 0 Å². The third-order valence-corrected chi connectivity index (χ3v) is 3.79. The van der Waals surface area contributed by atoms with Crippen LogP contribution in [-0.2, 0) is 0 Å². The summed E-state index contributed by atoms with van der Waals surface area (Å²) in [6.45, 7) is 3.17. The molecule has 2 rings (SSSR count). The van der Waals surface area contributed by atoms with Crippen LogP contribution in [-0.4, -0.2) is 19.4 Å². The Morgan fingerprint density at radius 2 is 2.25 bits per heavy atom. The number of benzene rings is 1. The van der Waals surface area contributed by atoms with Crippen molar-refractivity contribution in [3.63, 3.8) is 0 Å². The third kappa shape index (κ3) is 3.21. The Labute approximate surface area is 122 Å². The summed E-state index contributed by atoms with van der Waals surface area (Å²) in [7, 11) is 1.75. The lowest BCUT2D eigenvalue weighted by molar-refractivity contribution is 0.834. The van der Waals surface area contributed by atoms with Gasteiger partial charge >= 0.3 is 0 Å². The topological polar surface area (TPSA) is 50.4 Å². The zero-order chi connectivity index (χ0) is 14.4. The van der Waals surface area contributed by atoms with E-state index in [9.17, 15) is 0 Å². The van der Waals surface area contributed by atoms with Gasteiger partial charge in [0.1, 0.15) is 5.84 Å². The van der Waals surface area contributed by atoms with Crippen molar-refractivity contribution in [2.75, 3.05) is 18.9 Å². The molecule has 1 aliphatic carbocycles. The molecule has 0 radical (unpaired) electrons. The van der Waals surface area contributed by atoms with Gasteiger partial charge in [-0.1, -0.05) is 31.6 Å². The highest BCUT2D eigenvalue weighted by Gasteiger charge is 2.16. The first-order chi connectivity index (χ1) is 9.77. The Bertz CT molecular complexity index is 515. The molecule has 1 aliphatic rings. The van der Waals surface area contributed by atoms with Crippen LogP contribution >= 0.6 is 0 Å². The summed E-state index contributed by atoms with van der Waals surface area (Å²) in [5, 5.41) is 3.51. The van der Waals surface area contributed by atoms with Crippen LogP contribution in [0.15, 0.2) is 29.3 Å². The molecule has 0 fully saturated rings. The van der Waals surface area contributed by atoms with E-state index in [0.717, 1.165) is 30.6 Å². The standard InChI is InChI=1S/C17H25N3/c1-3-4-12-20-15-11-7-10-14(13-8-5-6-9-13)16(15)17(18)19-2/h7-8,10-11,20H,3-6,9,12H2,1-2H3,(H2,18,19). The Kier molecular flexibility index (Phi) is 5.22. The molecule has 0 saturated carbocycles. The monoisotopic (exact) mass is 271 g/mol. The van der Waals surface area contributed by atoms with E-state index in [0.29, 0.717) is 5.84 Å². The molecular weight excluding hydrogens is 246 g/mol. The normalized spacial score (nSPS) is 15.3. The summed E-state index contributed by atoms with van der Waals surface area (Å²) in [6, 6.07) is 6.37. The fourth-order valence-electron chi connectivity index (χ4n) is 2.67. The minimum Gasteiger partial charge on any atom is -0.384 e. The second-order valence-corrected chi connectivity index (χ2v) is 5.24. The van der Waals surface area contributed by atoms with Crippen LogP contribution in [0, 0.1) is 0 Å². The van der Waals surface area contributed by atoms with Gasteiger partial charge < -0.3 is 11.1 Å². The summed E-state index contributed by atoms with van der Waals surface area (Å²) < 4.78 is 0. The predicted octanol–water partition coefficient (Wildman–Crippen LogP) is 3.80. The predicted molar refractivity (Wildman–Crippen MR) is 88.3 cm³/mol. The van der Waals surface area contributed by atoms with Gasteiger partial charge in [-0.15, -0.1) is 0 Å². The van der Waals surface area contributed by atoms with Crippen molar-refractivity contribution in [1.29, 1.82) is 0 Å². The number of rotatable bonds is 6. The molecule has 0 spiro atoms. The van der Waals surface area contributed by atoms with Crippen molar-refractivity contribution in [2.45, 2.75) is 39.0 Å². The van der Waals surface area contributed by atoms with E-state index in [2.05, 4.69) is 41.5 Å². The van der Waals surface area contributed by atoms with E-state index in [1.54, 1.807) is 7.05 Å². The van der Waals surface area contributed by atoms with E-state index in [1.165, 1.54) is 30.4 Å². The van der Waals surface area contributed by atoms with Crippen molar-refractivity contribution in [3.8, 4) is 0 Å². The van der Waals surface area contributed by atoms with Crippen LogP contribution in [0.5, 0.6) is 0 Å². The molecule has 1 aromatic rings. The first-order valence-corrected chi connectivity index (χ1v) is 7.56. The van der Waals surface area contributed by atoms with Crippen molar-refractivity contribution in [2.24, 2.45) is 10.7 Å². The van der Waals surface area contributed by atoms with Crippen LogP contribution in [0.4, 0.5) is 5.69 Å². The van der Waals surface area contributed by atoms with Gasteiger partial charge in [0.15, 0.2) is 0 Å². The van der Waals surface area contributed by atoms with Gasteiger partial charge in [0.05, 0.1) is 0 Å². The molecule has 3 nitrogen and oxygen atoms in total. The number of nitrogens with zero attached hydrogens (tertiary/aromatic N) is 1. The van der Waals surface area contributed by atoms with E-state index < -0.39 is 0 Å². The maximum atomic E-state index is 6.15. The van der Waals surface area contributed by atoms with Gasteiger partial charge in [-0.3, -0.25) is 4.99 Å². The summed E-state index contributed by atoms with van der Waals surface area (Å²) in [5.74, 6) is 0.618. The lowest BCUT2D eigenvalue weighted by atomic mass is 9.96.